The number of hydrogen-bond donors (Lipinski definition) is 0. The summed E-state index contributed by atoms with van der Waals surface area (Å²) in [5, 5.41) is 0. The molecule has 0 amide bonds. The second kappa shape index (κ2) is 2.86. The van der Waals surface area contributed by atoms with Crippen LogP contribution >= 0.6 is 0 Å². The highest BCUT2D eigenvalue weighted by atomic mass is 16.5. The molecule has 6 heteroatoms. The van der Waals surface area contributed by atoms with Gasteiger partial charge < -0.3 is 4.74 Å². The third kappa shape index (κ3) is 0.729. The number of rotatable bonds is 1. The molecule has 0 radical (unpaired) electrons. The van der Waals surface area contributed by atoms with Gasteiger partial charge in [-0.15, -0.1) is 0 Å². The van der Waals surface area contributed by atoms with Gasteiger partial charge in [-0.05, 0) is 35.8 Å². The van der Waals surface area contributed by atoms with Gasteiger partial charge in [-0.25, -0.2) is 23.5 Å². The zero-order valence-corrected chi connectivity index (χ0v) is 12.8. The Labute approximate surface area is 136 Å². The van der Waals surface area contributed by atoms with Crippen LogP contribution in [0.4, 0.5) is 0 Å². The molecule has 4 aliphatic carbocycles. The minimum atomic E-state index is -0.160. The van der Waals surface area contributed by atoms with E-state index in [0.717, 1.165) is 19.1 Å². The molecule has 5 fully saturated rings. The van der Waals surface area contributed by atoms with Crippen molar-refractivity contribution in [2.24, 2.45) is 34.5 Å². The number of nitrogens with zero attached hydrogens (tertiary/aromatic N) is 3. The Bertz CT molecular complexity index is 1030. The molecule has 24 heavy (non-hydrogen) atoms. The van der Waals surface area contributed by atoms with Crippen molar-refractivity contribution < 1.29 is 4.74 Å². The van der Waals surface area contributed by atoms with Gasteiger partial charge in [0.25, 0.3) is 0 Å². The maximum atomic E-state index is 13.2. The fourth-order valence-corrected chi connectivity index (χ4v) is 8.19. The number of benzene rings is 1. The first-order valence-corrected chi connectivity index (χ1v) is 8.84. The average molecular weight is 321 g/mol. The lowest BCUT2D eigenvalue weighted by Crippen LogP contribution is -2.52. The number of aromatic nitrogens is 3. The molecule has 9 rings (SSSR count). The summed E-state index contributed by atoms with van der Waals surface area (Å²) in [6.07, 6.45) is 0. The molecule has 1 saturated heterocycles. The minimum Gasteiger partial charge on any atom is -0.380 e. The third-order valence-electron chi connectivity index (χ3n) is 8.49. The first kappa shape index (κ1) is 11.5. The lowest BCUT2D eigenvalue weighted by atomic mass is 9.73. The molecule has 4 saturated carbocycles. The molecule has 2 unspecified atom stereocenters. The Kier molecular flexibility index (Phi) is 1.36. The molecule has 1 aromatic carbocycles. The van der Waals surface area contributed by atoms with Crippen molar-refractivity contribution in [1.82, 2.24) is 13.9 Å². The number of hydrogen-bond acceptors (Lipinski definition) is 3. The largest absolute Gasteiger partial charge is 0.380 e. The Balaban J connectivity index is 1.49. The fourth-order valence-electron chi connectivity index (χ4n) is 8.19. The number of ether oxygens (including phenoxy) is 1. The van der Waals surface area contributed by atoms with Crippen LogP contribution in [0, 0.1) is 34.5 Å². The minimum absolute atomic E-state index is 0.160. The van der Waals surface area contributed by atoms with E-state index in [4.69, 9.17) is 4.74 Å². The van der Waals surface area contributed by atoms with E-state index in [-0.39, 0.29) is 34.3 Å². The lowest BCUT2D eigenvalue weighted by molar-refractivity contribution is 0.0280. The van der Waals surface area contributed by atoms with Gasteiger partial charge in [-0.3, -0.25) is 0 Å². The van der Waals surface area contributed by atoms with Crippen LogP contribution in [0.3, 0.4) is 0 Å². The Morgan fingerprint density at radius 1 is 0.875 bits per heavy atom. The Morgan fingerprint density at radius 3 is 2.04 bits per heavy atom. The summed E-state index contributed by atoms with van der Waals surface area (Å²) in [6, 6.07) is 9.70. The van der Waals surface area contributed by atoms with Crippen LogP contribution < -0.4 is 11.4 Å². The van der Waals surface area contributed by atoms with Crippen LogP contribution in [0.1, 0.15) is 12.1 Å². The maximum absolute atomic E-state index is 13.2. The van der Waals surface area contributed by atoms with E-state index in [0.29, 0.717) is 23.4 Å². The molecular weight excluding hydrogens is 306 g/mol. The molecule has 120 valence electrons. The van der Waals surface area contributed by atoms with Gasteiger partial charge in [0.15, 0.2) is 0 Å². The van der Waals surface area contributed by atoms with Gasteiger partial charge in [0, 0.05) is 10.8 Å². The van der Waals surface area contributed by atoms with Crippen molar-refractivity contribution >= 4 is 0 Å². The third-order valence-corrected chi connectivity index (χ3v) is 8.49. The smallest absolute Gasteiger partial charge is 0.352 e. The van der Waals surface area contributed by atoms with Gasteiger partial charge in [0.05, 0.1) is 31.0 Å². The molecule has 1 aromatic heterocycles. The molecule has 4 heterocycles. The zero-order chi connectivity index (χ0) is 15.6. The highest BCUT2D eigenvalue weighted by Gasteiger charge is 3.04. The molecule has 2 bridgehead atoms. The van der Waals surface area contributed by atoms with E-state index in [1.54, 1.807) is 0 Å². The highest BCUT2D eigenvalue weighted by molar-refractivity contribution is 5.50. The van der Waals surface area contributed by atoms with E-state index < -0.39 is 0 Å². The van der Waals surface area contributed by atoms with Gasteiger partial charge in [-0.2, -0.15) is 0 Å². The highest BCUT2D eigenvalue weighted by Crippen LogP contribution is 3.03. The van der Waals surface area contributed by atoms with E-state index >= 15 is 0 Å². The Morgan fingerprint density at radius 2 is 1.46 bits per heavy atom. The first-order chi connectivity index (χ1) is 11.7. The number of para-hydroxylation sites is 1. The molecule has 7 aliphatic rings. The monoisotopic (exact) mass is 321 g/mol. The quantitative estimate of drug-likeness (QED) is 0.765. The van der Waals surface area contributed by atoms with E-state index in [1.165, 1.54) is 4.57 Å². The van der Waals surface area contributed by atoms with Crippen LogP contribution in [0.15, 0.2) is 39.9 Å². The average Bonchev–Trinajstić information content (AvgIpc) is 3.19. The lowest BCUT2D eigenvalue weighted by Gasteiger charge is -2.44. The summed E-state index contributed by atoms with van der Waals surface area (Å²) in [4.78, 5) is 26.4. The van der Waals surface area contributed by atoms with Gasteiger partial charge in [0.1, 0.15) is 0 Å². The molecule has 0 N–H and O–H groups in total. The summed E-state index contributed by atoms with van der Waals surface area (Å²) in [5.41, 5.74) is 0.690. The van der Waals surface area contributed by atoms with Crippen molar-refractivity contribution in [2.45, 2.75) is 12.1 Å². The van der Waals surface area contributed by atoms with Crippen LogP contribution in [-0.4, -0.2) is 27.1 Å². The predicted octanol–water partition coefficient (Wildman–Crippen LogP) is 0.419. The normalized spacial score (nSPS) is 52.3. The van der Waals surface area contributed by atoms with Crippen molar-refractivity contribution in [3.63, 3.8) is 0 Å². The van der Waals surface area contributed by atoms with Gasteiger partial charge in [-0.1, -0.05) is 18.2 Å². The Hall–Kier alpha value is -2.08. The van der Waals surface area contributed by atoms with Crippen molar-refractivity contribution in [2.75, 3.05) is 13.2 Å². The molecule has 6 nitrogen and oxygen atoms in total. The first-order valence-electron chi connectivity index (χ1n) is 8.84. The van der Waals surface area contributed by atoms with Gasteiger partial charge >= 0.3 is 11.4 Å². The SMILES string of the molecule is O=c1n(-c2ccccc2)c(=O)n2n1[C@@H]1[C@@H]3C4C5[C@@]16COC[C@]56[C@H]2[C@@H]43. The summed E-state index contributed by atoms with van der Waals surface area (Å²) in [7, 11) is 0. The van der Waals surface area contributed by atoms with Crippen molar-refractivity contribution in [1.29, 1.82) is 0 Å². The summed E-state index contributed by atoms with van der Waals surface area (Å²) in [6.45, 7) is 1.57. The fraction of sp³-hybridized carbons (Fsp3) is 0.556. The second-order valence-corrected chi connectivity index (χ2v) is 8.60. The molecule has 8 atom stereocenters. The zero-order valence-electron chi connectivity index (χ0n) is 12.8. The molecular formula is C18H15N3O3. The van der Waals surface area contributed by atoms with E-state index in [1.807, 2.05) is 39.7 Å². The van der Waals surface area contributed by atoms with E-state index in [9.17, 15) is 9.59 Å². The van der Waals surface area contributed by atoms with Crippen LogP contribution in [0.2, 0.25) is 0 Å². The second-order valence-electron chi connectivity index (χ2n) is 8.60. The van der Waals surface area contributed by atoms with Crippen LogP contribution in [0.5, 0.6) is 0 Å². The van der Waals surface area contributed by atoms with Gasteiger partial charge in [0.2, 0.25) is 0 Å². The predicted molar refractivity (Wildman–Crippen MR) is 82.0 cm³/mol. The van der Waals surface area contributed by atoms with Crippen LogP contribution in [-0.2, 0) is 4.74 Å². The van der Waals surface area contributed by atoms with Crippen LogP contribution in [0.25, 0.3) is 5.69 Å². The van der Waals surface area contributed by atoms with E-state index in [2.05, 4.69) is 0 Å². The van der Waals surface area contributed by atoms with Crippen molar-refractivity contribution in [3.8, 4) is 5.69 Å². The summed E-state index contributed by atoms with van der Waals surface area (Å²) >= 11 is 0. The molecule has 2 spiro atoms. The molecule has 2 aromatic rings. The molecule has 3 aliphatic heterocycles. The summed E-state index contributed by atoms with van der Waals surface area (Å²) in [5.74, 6) is 2.69. The van der Waals surface area contributed by atoms with Crippen molar-refractivity contribution in [3.05, 3.63) is 51.3 Å². The standard InChI is InChI=1S/C18H15N3O3/c22-15-19(8-4-2-1-3-5-8)16(23)21-14-11-9-10(11)13(20(15)21)17-6-24-7-18(14,17)12(9)17/h1-5,9-14H,6-7H2/t9?,10-,11+,12?,13-,14-,17+,18-/m1/s1. The topological polar surface area (TPSA) is 58.2 Å². The summed E-state index contributed by atoms with van der Waals surface area (Å²) < 4.78 is 10.9. The maximum Gasteiger partial charge on any atom is 0.352 e.